The minimum Gasteiger partial charge on any atom is -0.381 e. The van der Waals surface area contributed by atoms with Crippen molar-refractivity contribution in [3.63, 3.8) is 0 Å². The summed E-state index contributed by atoms with van der Waals surface area (Å²) in [7, 11) is 0. The fourth-order valence-corrected chi connectivity index (χ4v) is 4.23. The molecule has 166 valence electrons. The zero-order valence-electron chi connectivity index (χ0n) is 17.2. The molecule has 0 bridgehead atoms. The van der Waals surface area contributed by atoms with E-state index in [-0.39, 0.29) is 5.91 Å². The third kappa shape index (κ3) is 6.50. The number of anilines is 3. The van der Waals surface area contributed by atoms with Crippen molar-refractivity contribution >= 4 is 45.3 Å². The highest BCUT2D eigenvalue weighted by Gasteiger charge is 2.22. The van der Waals surface area contributed by atoms with Crippen molar-refractivity contribution in [3.05, 3.63) is 52.5 Å². The molecule has 2 N–H and O–H groups in total. The number of carbonyl (C=O) groups excluding carboxylic acids is 2. The van der Waals surface area contributed by atoms with Crippen LogP contribution in [0.4, 0.5) is 25.8 Å². The maximum absolute atomic E-state index is 12.8. The van der Waals surface area contributed by atoms with Crippen LogP contribution in [0.2, 0.25) is 0 Å². The minimum atomic E-state index is -0.915. The zero-order chi connectivity index (χ0) is 22.2. The van der Waals surface area contributed by atoms with Crippen molar-refractivity contribution in [1.29, 1.82) is 0 Å². The third-order valence-electron chi connectivity index (χ3n) is 5.45. The van der Waals surface area contributed by atoms with Crippen LogP contribution < -0.4 is 15.5 Å². The molecule has 2 amide bonds. The van der Waals surface area contributed by atoms with E-state index in [9.17, 15) is 18.4 Å². The molecule has 0 unspecified atom stereocenters. The van der Waals surface area contributed by atoms with Gasteiger partial charge < -0.3 is 15.5 Å². The third-order valence-corrected chi connectivity index (χ3v) is 5.94. The van der Waals surface area contributed by atoms with Crippen molar-refractivity contribution in [2.75, 3.05) is 22.1 Å². The van der Waals surface area contributed by atoms with Crippen LogP contribution >= 0.6 is 15.9 Å². The Morgan fingerprint density at radius 1 is 0.968 bits per heavy atom. The molecular formula is C23H26BrF2N3O2. The molecular weight excluding hydrogens is 468 g/mol. The summed E-state index contributed by atoms with van der Waals surface area (Å²) in [6.07, 6.45) is 8.35. The lowest BCUT2D eigenvalue weighted by Gasteiger charge is -2.25. The fourth-order valence-electron chi connectivity index (χ4n) is 3.87. The predicted octanol–water partition coefficient (Wildman–Crippen LogP) is 5.85. The predicted molar refractivity (Wildman–Crippen MR) is 122 cm³/mol. The van der Waals surface area contributed by atoms with Gasteiger partial charge in [0.05, 0.1) is 11.4 Å². The van der Waals surface area contributed by atoms with Crippen LogP contribution in [0, 0.1) is 11.6 Å². The topological polar surface area (TPSA) is 61.4 Å². The van der Waals surface area contributed by atoms with Crippen molar-refractivity contribution < 1.29 is 18.4 Å². The highest BCUT2D eigenvalue weighted by Crippen LogP contribution is 2.29. The summed E-state index contributed by atoms with van der Waals surface area (Å²) < 4.78 is 26.4. The molecule has 1 aliphatic carbocycles. The Bertz CT molecular complexity index is 920. The quantitative estimate of drug-likeness (QED) is 0.513. The van der Waals surface area contributed by atoms with Crippen LogP contribution in [0.5, 0.6) is 0 Å². The number of carbonyl (C=O) groups is 2. The van der Waals surface area contributed by atoms with Gasteiger partial charge in [-0.25, -0.2) is 8.78 Å². The van der Waals surface area contributed by atoms with Crippen LogP contribution in [-0.2, 0) is 9.59 Å². The maximum atomic E-state index is 12.8. The first kappa shape index (κ1) is 23.2. The van der Waals surface area contributed by atoms with E-state index in [2.05, 4.69) is 26.6 Å². The molecule has 0 radical (unpaired) electrons. The molecule has 1 heterocycles. The Morgan fingerprint density at radius 2 is 1.74 bits per heavy atom. The Morgan fingerprint density at radius 3 is 2.39 bits per heavy atom. The van der Waals surface area contributed by atoms with Crippen LogP contribution in [0.25, 0.3) is 0 Å². The van der Waals surface area contributed by atoms with Gasteiger partial charge in [-0.15, -0.1) is 0 Å². The van der Waals surface area contributed by atoms with Gasteiger partial charge in [0.25, 0.3) is 0 Å². The van der Waals surface area contributed by atoms with E-state index in [4.69, 9.17) is 0 Å². The van der Waals surface area contributed by atoms with Gasteiger partial charge >= 0.3 is 0 Å². The summed E-state index contributed by atoms with van der Waals surface area (Å²) in [5.41, 5.74) is 2.28. The van der Waals surface area contributed by atoms with E-state index >= 15 is 0 Å². The average Bonchev–Trinajstić information content (AvgIpc) is 3.19. The standard InChI is InChI=1S/C13H17BrN2O.C10H9F2NO/c14-10-6-7-12(13(8-10)15-9-17)16-11-4-2-1-3-5-11;11-8-4-3-7(6-9(8)12)13-5-1-2-10(13)14/h6-9,11,16H,1-5H2,(H,15,17);3-4,6H,1-2,5H2. The number of nitrogens with one attached hydrogen (secondary N) is 2. The molecule has 2 fully saturated rings. The first-order chi connectivity index (χ1) is 15.0. The normalized spacial score (nSPS) is 16.5. The lowest BCUT2D eigenvalue weighted by Crippen LogP contribution is -2.23. The molecule has 1 saturated heterocycles. The largest absolute Gasteiger partial charge is 0.381 e. The summed E-state index contributed by atoms with van der Waals surface area (Å²) >= 11 is 3.41. The van der Waals surface area contributed by atoms with Gasteiger partial charge in [0, 0.05) is 35.2 Å². The van der Waals surface area contributed by atoms with Gasteiger partial charge in [-0.05, 0) is 49.6 Å². The van der Waals surface area contributed by atoms with E-state index in [1.807, 2.05) is 18.2 Å². The molecule has 4 rings (SSSR count). The minimum absolute atomic E-state index is 0.0315. The summed E-state index contributed by atoms with van der Waals surface area (Å²) in [4.78, 5) is 23.3. The molecule has 2 aliphatic rings. The maximum Gasteiger partial charge on any atom is 0.227 e. The van der Waals surface area contributed by atoms with E-state index in [0.717, 1.165) is 34.4 Å². The Labute approximate surface area is 189 Å². The first-order valence-electron chi connectivity index (χ1n) is 10.5. The molecule has 31 heavy (non-hydrogen) atoms. The smallest absolute Gasteiger partial charge is 0.227 e. The average molecular weight is 494 g/mol. The van der Waals surface area contributed by atoms with Gasteiger partial charge in [0.15, 0.2) is 11.6 Å². The number of amides is 2. The number of hydrogen-bond donors (Lipinski definition) is 2. The monoisotopic (exact) mass is 493 g/mol. The summed E-state index contributed by atoms with van der Waals surface area (Å²) in [5, 5.41) is 6.25. The van der Waals surface area contributed by atoms with Gasteiger partial charge in [-0.3, -0.25) is 9.59 Å². The van der Waals surface area contributed by atoms with Crippen molar-refractivity contribution in [3.8, 4) is 0 Å². The Hall–Kier alpha value is -2.48. The second kappa shape index (κ2) is 11.2. The molecule has 0 atom stereocenters. The zero-order valence-corrected chi connectivity index (χ0v) is 18.8. The molecule has 2 aromatic rings. The second-order valence-electron chi connectivity index (χ2n) is 7.68. The lowest BCUT2D eigenvalue weighted by atomic mass is 9.95. The summed E-state index contributed by atoms with van der Waals surface area (Å²) in [5.74, 6) is -1.83. The Kier molecular flexibility index (Phi) is 8.40. The number of nitrogens with zero attached hydrogens (tertiary/aromatic N) is 1. The van der Waals surface area contributed by atoms with Gasteiger partial charge in [0.2, 0.25) is 12.3 Å². The summed E-state index contributed by atoms with van der Waals surface area (Å²) in [6.45, 7) is 0.587. The molecule has 2 aromatic carbocycles. The van der Waals surface area contributed by atoms with Crippen molar-refractivity contribution in [2.45, 2.75) is 51.0 Å². The van der Waals surface area contributed by atoms with Crippen LogP contribution in [0.1, 0.15) is 44.9 Å². The fraction of sp³-hybridized carbons (Fsp3) is 0.391. The molecule has 1 aliphatic heterocycles. The van der Waals surface area contributed by atoms with Crippen molar-refractivity contribution in [1.82, 2.24) is 0 Å². The van der Waals surface area contributed by atoms with Crippen LogP contribution in [-0.4, -0.2) is 24.9 Å². The van der Waals surface area contributed by atoms with Crippen molar-refractivity contribution in [2.24, 2.45) is 0 Å². The molecule has 1 saturated carbocycles. The second-order valence-corrected chi connectivity index (χ2v) is 8.59. The molecule has 0 aromatic heterocycles. The molecule has 0 spiro atoms. The van der Waals surface area contributed by atoms with Gasteiger partial charge in [-0.1, -0.05) is 35.2 Å². The number of benzene rings is 2. The number of rotatable bonds is 5. The first-order valence-corrected chi connectivity index (χ1v) is 11.3. The van der Waals surface area contributed by atoms with Gasteiger partial charge in [0.1, 0.15) is 0 Å². The van der Waals surface area contributed by atoms with E-state index in [1.165, 1.54) is 43.1 Å². The highest BCUT2D eigenvalue weighted by molar-refractivity contribution is 9.10. The van der Waals surface area contributed by atoms with E-state index in [1.54, 1.807) is 0 Å². The summed E-state index contributed by atoms with van der Waals surface area (Å²) in [6, 6.07) is 9.96. The number of hydrogen-bond acceptors (Lipinski definition) is 3. The SMILES string of the molecule is O=C1CCCN1c1ccc(F)c(F)c1.O=CNc1cc(Br)ccc1NC1CCCCC1. The van der Waals surface area contributed by atoms with E-state index < -0.39 is 11.6 Å². The van der Waals surface area contributed by atoms with Crippen LogP contribution in [0.15, 0.2) is 40.9 Å². The Balaban J connectivity index is 0.000000179. The highest BCUT2D eigenvalue weighted by atomic mass is 79.9. The van der Waals surface area contributed by atoms with E-state index in [0.29, 0.717) is 31.1 Å². The number of halogens is 3. The molecule has 5 nitrogen and oxygen atoms in total. The lowest BCUT2D eigenvalue weighted by molar-refractivity contribution is -0.117. The molecule has 8 heteroatoms. The van der Waals surface area contributed by atoms with Gasteiger partial charge in [-0.2, -0.15) is 0 Å². The van der Waals surface area contributed by atoms with Crippen LogP contribution in [0.3, 0.4) is 0 Å².